The Kier molecular flexibility index (Phi) is 9.42. The van der Waals surface area contributed by atoms with E-state index in [4.69, 9.17) is 4.42 Å². The van der Waals surface area contributed by atoms with Gasteiger partial charge in [-0.15, -0.1) is 0 Å². The van der Waals surface area contributed by atoms with Gasteiger partial charge in [0.25, 0.3) is 11.5 Å². The third-order valence-corrected chi connectivity index (χ3v) is 9.28. The lowest BCUT2D eigenvalue weighted by Gasteiger charge is -2.47. The van der Waals surface area contributed by atoms with Gasteiger partial charge in [0.15, 0.2) is 5.76 Å². The number of ether oxygens (including phenoxy) is 1. The number of pyridine rings is 1. The smallest absolute Gasteiger partial charge is 0.330 e. The Bertz CT molecular complexity index is 1600. The Labute approximate surface area is 258 Å². The van der Waals surface area contributed by atoms with Gasteiger partial charge in [-0.05, 0) is 93.2 Å². The van der Waals surface area contributed by atoms with Crippen molar-refractivity contribution in [2.24, 2.45) is 23.2 Å². The Morgan fingerprint density at radius 3 is 2.55 bits per heavy atom. The summed E-state index contributed by atoms with van der Waals surface area (Å²) in [7, 11) is 1.28. The summed E-state index contributed by atoms with van der Waals surface area (Å²) in [6.07, 6.45) is 11.2. The van der Waals surface area contributed by atoms with Gasteiger partial charge in [-0.3, -0.25) is 14.4 Å². The topological polar surface area (TPSA) is 120 Å². The number of para-hydroxylation sites is 1. The zero-order chi connectivity index (χ0) is 31.4. The maximum absolute atomic E-state index is 13.6. The molecule has 2 bridgehead atoms. The summed E-state index contributed by atoms with van der Waals surface area (Å²) < 4.78 is 12.2. The van der Waals surface area contributed by atoms with Gasteiger partial charge in [0.2, 0.25) is 5.91 Å². The van der Waals surface area contributed by atoms with Crippen LogP contribution in [0.4, 0.5) is 5.69 Å². The maximum Gasteiger partial charge on any atom is 0.330 e. The lowest BCUT2D eigenvalue weighted by atomic mass is 9.59. The number of rotatable bonds is 10. The molecule has 2 N–H and O–H groups in total. The molecule has 2 aliphatic carbocycles. The number of aromatic nitrogens is 1. The van der Waals surface area contributed by atoms with E-state index in [1.165, 1.54) is 32.4 Å². The van der Waals surface area contributed by atoms with Crippen LogP contribution < -0.4 is 16.2 Å². The number of hydrogen-bond donors (Lipinski definition) is 2. The zero-order valence-corrected chi connectivity index (χ0v) is 26.1. The monoisotopic (exact) mass is 601 g/mol. The molecule has 3 aromatic rings. The highest BCUT2D eigenvalue weighted by Crippen LogP contribution is 2.50. The Morgan fingerprint density at radius 2 is 1.84 bits per heavy atom. The molecule has 9 heteroatoms. The van der Waals surface area contributed by atoms with E-state index in [0.29, 0.717) is 35.9 Å². The van der Waals surface area contributed by atoms with Crippen molar-refractivity contribution in [2.45, 2.75) is 78.3 Å². The average Bonchev–Trinajstić information content (AvgIpc) is 3.32. The van der Waals surface area contributed by atoms with Crippen molar-refractivity contribution >= 4 is 34.4 Å². The van der Waals surface area contributed by atoms with Gasteiger partial charge in [0.1, 0.15) is 17.3 Å². The normalized spacial score (nSPS) is 23.8. The first-order valence-electron chi connectivity index (χ1n) is 15.6. The molecule has 2 heterocycles. The largest absolute Gasteiger partial charge is 0.466 e. The molecule has 0 spiro atoms. The van der Waals surface area contributed by atoms with Gasteiger partial charge < -0.3 is 24.4 Å². The molecule has 0 aliphatic heterocycles. The molecule has 2 fully saturated rings. The van der Waals surface area contributed by atoms with Gasteiger partial charge in [-0.25, -0.2) is 4.79 Å². The second-order valence-corrected chi connectivity index (χ2v) is 13.2. The highest BCUT2D eigenvalue weighted by Gasteiger charge is 2.41. The van der Waals surface area contributed by atoms with E-state index in [2.05, 4.69) is 29.2 Å². The average molecular weight is 602 g/mol. The van der Waals surface area contributed by atoms with Crippen molar-refractivity contribution < 1.29 is 23.5 Å². The van der Waals surface area contributed by atoms with Crippen LogP contribution in [0.5, 0.6) is 0 Å². The van der Waals surface area contributed by atoms with E-state index in [-0.39, 0.29) is 28.8 Å². The molecule has 2 aliphatic rings. The minimum atomic E-state index is -0.998. The first-order valence-corrected chi connectivity index (χ1v) is 15.6. The van der Waals surface area contributed by atoms with Crippen LogP contribution in [0.1, 0.15) is 74.9 Å². The molecule has 1 aromatic carbocycles. The molecule has 2 saturated carbocycles. The number of carbonyl (C=O) groups excluding carboxylic acids is 3. The summed E-state index contributed by atoms with van der Waals surface area (Å²) in [6, 6.07) is 9.71. The van der Waals surface area contributed by atoms with Crippen LogP contribution in [0.25, 0.3) is 11.0 Å². The molecule has 0 radical (unpaired) electrons. The third-order valence-electron chi connectivity index (χ3n) is 9.28. The number of fused-ring (bicyclic) bond motifs is 3. The van der Waals surface area contributed by atoms with Crippen LogP contribution in [0.2, 0.25) is 0 Å². The molecule has 2 amide bonds. The molecular formula is C35H43N3O6. The number of carbonyl (C=O) groups is 3. The molecule has 2 unspecified atom stereocenters. The Balaban J connectivity index is 1.32. The van der Waals surface area contributed by atoms with Crippen LogP contribution in [-0.4, -0.2) is 35.5 Å². The number of anilines is 1. The quantitative estimate of drug-likeness (QED) is 0.217. The summed E-state index contributed by atoms with van der Waals surface area (Å²) in [5, 5.41) is 6.37. The van der Waals surface area contributed by atoms with E-state index in [0.717, 1.165) is 24.1 Å². The van der Waals surface area contributed by atoms with Gasteiger partial charge in [0, 0.05) is 29.8 Å². The second kappa shape index (κ2) is 13.2. The van der Waals surface area contributed by atoms with Crippen LogP contribution in [0, 0.1) is 30.1 Å². The van der Waals surface area contributed by atoms with E-state index < -0.39 is 23.8 Å². The summed E-state index contributed by atoms with van der Waals surface area (Å²) in [5.74, 6) is 0.721. The van der Waals surface area contributed by atoms with E-state index >= 15 is 0 Å². The molecule has 9 nitrogen and oxygen atoms in total. The maximum atomic E-state index is 13.6. The zero-order valence-electron chi connectivity index (χ0n) is 26.1. The fourth-order valence-corrected chi connectivity index (χ4v) is 7.62. The first-order chi connectivity index (χ1) is 21.0. The molecule has 2 aromatic heterocycles. The highest BCUT2D eigenvalue weighted by molar-refractivity contribution is 6.03. The third kappa shape index (κ3) is 7.14. The highest BCUT2D eigenvalue weighted by atomic mass is 16.5. The van der Waals surface area contributed by atoms with Crippen molar-refractivity contribution in [2.75, 3.05) is 12.4 Å². The van der Waals surface area contributed by atoms with Crippen LogP contribution in [0.3, 0.4) is 0 Å². The summed E-state index contributed by atoms with van der Waals surface area (Å²) in [4.78, 5) is 52.0. The SMILES string of the molecule is COC(=O)/C=C/CC[C@H](NC(=O)c1oc2ccccc2c1C)C(=O)Nc1cccn(CC2(C)CC3CC(C)CC(C3)C2)c1=O. The minimum absolute atomic E-state index is 0.0209. The Hall–Kier alpha value is -4.14. The standard InChI is InChI=1S/C35H43N3O6/c1-22-16-24-18-25(17-22)20-35(3,19-24)21-38-15-9-12-28(34(38)42)37-32(40)27(11-6-8-14-30(39)43-4)36-33(41)31-23(2)26-10-5-7-13-29(26)44-31/h5,7-10,12-15,22,24-25,27H,6,11,16-21H2,1-4H3,(H,36,41)(H,37,40)/b14-8+/t22?,24?,25?,27-,35?/m0/s1. The number of nitrogens with zero attached hydrogens (tertiary/aromatic N) is 1. The summed E-state index contributed by atoms with van der Waals surface area (Å²) in [6.45, 7) is 7.03. The van der Waals surface area contributed by atoms with Gasteiger partial charge >= 0.3 is 5.97 Å². The predicted molar refractivity (Wildman–Crippen MR) is 169 cm³/mol. The molecule has 44 heavy (non-hydrogen) atoms. The van der Waals surface area contributed by atoms with Crippen LogP contribution in [0.15, 0.2) is 64.0 Å². The molecular weight excluding hydrogens is 558 g/mol. The fraction of sp³-hybridized carbons (Fsp3) is 0.486. The van der Waals surface area contributed by atoms with Crippen molar-refractivity contribution in [3.8, 4) is 0 Å². The summed E-state index contributed by atoms with van der Waals surface area (Å²) >= 11 is 0. The molecule has 5 rings (SSSR count). The fourth-order valence-electron chi connectivity index (χ4n) is 7.62. The van der Waals surface area contributed by atoms with Crippen molar-refractivity contribution in [1.82, 2.24) is 9.88 Å². The van der Waals surface area contributed by atoms with E-state index in [1.807, 2.05) is 18.2 Å². The van der Waals surface area contributed by atoms with Gasteiger partial charge in [-0.1, -0.05) is 38.1 Å². The predicted octanol–water partition coefficient (Wildman–Crippen LogP) is 6.00. The number of esters is 1. The van der Waals surface area contributed by atoms with Crippen molar-refractivity contribution in [3.05, 3.63) is 76.4 Å². The second-order valence-electron chi connectivity index (χ2n) is 13.2. The van der Waals surface area contributed by atoms with Crippen LogP contribution in [-0.2, 0) is 20.9 Å². The first kappa shape index (κ1) is 31.3. The number of amides is 2. The van der Waals surface area contributed by atoms with E-state index in [1.54, 1.807) is 42.0 Å². The van der Waals surface area contributed by atoms with E-state index in [9.17, 15) is 19.2 Å². The van der Waals surface area contributed by atoms with Crippen molar-refractivity contribution in [3.63, 3.8) is 0 Å². The number of aryl methyl sites for hydroxylation is 1. The minimum Gasteiger partial charge on any atom is -0.466 e. The lowest BCUT2D eigenvalue weighted by molar-refractivity contribution is -0.134. The number of allylic oxidation sites excluding steroid dienone is 1. The van der Waals surface area contributed by atoms with Gasteiger partial charge in [0.05, 0.1) is 7.11 Å². The van der Waals surface area contributed by atoms with Crippen LogP contribution >= 0.6 is 0 Å². The molecule has 3 atom stereocenters. The number of methoxy groups -OCH3 is 1. The summed E-state index contributed by atoms with van der Waals surface area (Å²) in [5.41, 5.74) is 1.16. The van der Waals surface area contributed by atoms with Gasteiger partial charge in [-0.2, -0.15) is 0 Å². The number of furan rings is 1. The molecule has 0 saturated heterocycles. The Morgan fingerprint density at radius 1 is 1.11 bits per heavy atom. The molecule has 234 valence electrons. The number of nitrogens with one attached hydrogen (secondary N) is 2. The van der Waals surface area contributed by atoms with Crippen molar-refractivity contribution in [1.29, 1.82) is 0 Å². The lowest BCUT2D eigenvalue weighted by Crippen LogP contribution is -2.45. The number of hydrogen-bond acceptors (Lipinski definition) is 6. The number of benzene rings is 1.